The number of carbonyl (C=O) groups excluding carboxylic acids is 1. The zero-order valence-corrected chi connectivity index (χ0v) is 12.6. The second kappa shape index (κ2) is 6.71. The summed E-state index contributed by atoms with van der Waals surface area (Å²) in [5, 5.41) is 2.51. The topological polar surface area (TPSA) is 88.4 Å². The molecule has 8 heteroatoms. The van der Waals surface area contributed by atoms with Gasteiger partial charge in [-0.3, -0.25) is 4.79 Å². The summed E-state index contributed by atoms with van der Waals surface area (Å²) in [6.07, 6.45) is 1.37. The van der Waals surface area contributed by atoms with E-state index in [2.05, 4.69) is 10.0 Å². The Hall–Kier alpha value is -2.19. The highest BCUT2D eigenvalue weighted by atomic mass is 32.2. The maximum atomic E-state index is 13.0. The molecular weight excluding hydrogens is 311 g/mol. The predicted molar refractivity (Wildman–Crippen MR) is 77.4 cm³/mol. The van der Waals surface area contributed by atoms with Crippen molar-refractivity contribution in [2.45, 2.75) is 11.8 Å². The first-order valence-corrected chi connectivity index (χ1v) is 7.96. The Morgan fingerprint density at radius 3 is 2.68 bits per heavy atom. The van der Waals surface area contributed by atoms with Crippen LogP contribution in [0.1, 0.15) is 16.1 Å². The number of hydrogen-bond donors (Lipinski definition) is 2. The highest BCUT2D eigenvalue weighted by Crippen LogP contribution is 2.15. The third kappa shape index (κ3) is 3.92. The van der Waals surface area contributed by atoms with Crippen LogP contribution in [-0.4, -0.2) is 27.4 Å². The van der Waals surface area contributed by atoms with Gasteiger partial charge in [0.1, 0.15) is 5.82 Å². The summed E-state index contributed by atoms with van der Waals surface area (Å²) in [4.78, 5) is 11.6. The van der Waals surface area contributed by atoms with Crippen LogP contribution in [0.4, 0.5) is 4.39 Å². The number of furan rings is 1. The SMILES string of the molecule is Cc1cc(F)ccc1S(=O)(=O)NCCNC(=O)c1ccco1. The molecule has 2 rings (SSSR count). The van der Waals surface area contributed by atoms with Crippen LogP contribution in [-0.2, 0) is 10.0 Å². The lowest BCUT2D eigenvalue weighted by Crippen LogP contribution is -2.34. The Morgan fingerprint density at radius 1 is 1.27 bits per heavy atom. The molecule has 1 heterocycles. The molecule has 6 nitrogen and oxygen atoms in total. The summed E-state index contributed by atoms with van der Waals surface area (Å²) in [5.41, 5.74) is 0.312. The summed E-state index contributed by atoms with van der Waals surface area (Å²) in [7, 11) is -3.75. The minimum atomic E-state index is -3.75. The van der Waals surface area contributed by atoms with Crippen LogP contribution in [0.25, 0.3) is 0 Å². The fraction of sp³-hybridized carbons (Fsp3) is 0.214. The van der Waals surface area contributed by atoms with E-state index in [1.54, 1.807) is 6.07 Å². The number of carbonyl (C=O) groups is 1. The monoisotopic (exact) mass is 326 g/mol. The molecule has 0 aliphatic heterocycles. The summed E-state index contributed by atoms with van der Waals surface area (Å²) < 4.78 is 44.4. The minimum absolute atomic E-state index is 0.00555. The number of nitrogens with one attached hydrogen (secondary N) is 2. The Balaban J connectivity index is 1.89. The van der Waals surface area contributed by atoms with Crippen molar-refractivity contribution in [3.05, 3.63) is 53.7 Å². The molecule has 1 aromatic heterocycles. The van der Waals surface area contributed by atoms with Crippen molar-refractivity contribution in [2.24, 2.45) is 0 Å². The summed E-state index contributed by atoms with van der Waals surface area (Å²) >= 11 is 0. The van der Waals surface area contributed by atoms with Gasteiger partial charge in [0, 0.05) is 13.1 Å². The molecule has 0 radical (unpaired) electrons. The van der Waals surface area contributed by atoms with E-state index in [1.165, 1.54) is 25.3 Å². The molecule has 2 aromatic rings. The van der Waals surface area contributed by atoms with E-state index in [0.717, 1.165) is 12.1 Å². The number of hydrogen-bond acceptors (Lipinski definition) is 4. The van der Waals surface area contributed by atoms with E-state index in [4.69, 9.17) is 4.42 Å². The normalized spacial score (nSPS) is 11.4. The highest BCUT2D eigenvalue weighted by Gasteiger charge is 2.16. The first-order chi connectivity index (χ1) is 10.4. The number of benzene rings is 1. The van der Waals surface area contributed by atoms with Gasteiger partial charge in [-0.05, 0) is 42.8 Å². The summed E-state index contributed by atoms with van der Waals surface area (Å²) in [5.74, 6) is -0.776. The molecule has 1 aromatic carbocycles. The maximum Gasteiger partial charge on any atom is 0.287 e. The zero-order valence-electron chi connectivity index (χ0n) is 11.8. The van der Waals surface area contributed by atoms with Gasteiger partial charge >= 0.3 is 0 Å². The van der Waals surface area contributed by atoms with Crippen molar-refractivity contribution in [1.82, 2.24) is 10.0 Å². The second-order valence-corrected chi connectivity index (χ2v) is 6.28. The predicted octanol–water partition coefficient (Wildman–Crippen LogP) is 1.44. The Bertz CT molecular complexity index is 757. The summed E-state index contributed by atoms with van der Waals surface area (Å²) in [6, 6.07) is 6.51. The number of sulfonamides is 1. The van der Waals surface area contributed by atoms with Gasteiger partial charge in [0.05, 0.1) is 11.2 Å². The van der Waals surface area contributed by atoms with Gasteiger partial charge in [0.2, 0.25) is 10.0 Å². The molecule has 0 fully saturated rings. The molecule has 118 valence electrons. The van der Waals surface area contributed by atoms with Gasteiger partial charge in [-0.2, -0.15) is 0 Å². The van der Waals surface area contributed by atoms with Gasteiger partial charge in [0.25, 0.3) is 5.91 Å². The van der Waals surface area contributed by atoms with Gasteiger partial charge in [-0.1, -0.05) is 0 Å². The zero-order chi connectivity index (χ0) is 16.2. The lowest BCUT2D eigenvalue weighted by molar-refractivity contribution is 0.0926. The van der Waals surface area contributed by atoms with Crippen molar-refractivity contribution in [2.75, 3.05) is 13.1 Å². The maximum absolute atomic E-state index is 13.0. The lowest BCUT2D eigenvalue weighted by atomic mass is 10.2. The Morgan fingerprint density at radius 2 is 2.05 bits per heavy atom. The average Bonchev–Trinajstić information content (AvgIpc) is 2.97. The van der Waals surface area contributed by atoms with Crippen LogP contribution in [0.5, 0.6) is 0 Å². The molecule has 2 N–H and O–H groups in total. The molecular formula is C14H15FN2O4S. The third-order valence-electron chi connectivity index (χ3n) is 2.87. The fourth-order valence-corrected chi connectivity index (χ4v) is 3.10. The van der Waals surface area contributed by atoms with Crippen molar-refractivity contribution < 1.29 is 22.0 Å². The quantitative estimate of drug-likeness (QED) is 0.786. The van der Waals surface area contributed by atoms with Crippen LogP contribution < -0.4 is 10.0 Å². The molecule has 0 bridgehead atoms. The first kappa shape index (κ1) is 16.2. The van der Waals surface area contributed by atoms with Gasteiger partial charge in [-0.25, -0.2) is 17.5 Å². The van der Waals surface area contributed by atoms with Gasteiger partial charge in [-0.15, -0.1) is 0 Å². The number of amides is 1. The van der Waals surface area contributed by atoms with Gasteiger partial charge < -0.3 is 9.73 Å². The number of rotatable bonds is 6. The minimum Gasteiger partial charge on any atom is -0.459 e. The smallest absolute Gasteiger partial charge is 0.287 e. The van der Waals surface area contributed by atoms with Crippen LogP contribution in [0.3, 0.4) is 0 Å². The van der Waals surface area contributed by atoms with E-state index < -0.39 is 21.7 Å². The van der Waals surface area contributed by atoms with E-state index >= 15 is 0 Å². The third-order valence-corrected chi connectivity index (χ3v) is 4.50. The standard InChI is InChI=1S/C14H15FN2O4S/c1-10-9-11(15)4-5-13(10)22(19,20)17-7-6-16-14(18)12-3-2-8-21-12/h2-5,8-9,17H,6-7H2,1H3,(H,16,18). The molecule has 1 amide bonds. The second-order valence-electron chi connectivity index (χ2n) is 4.54. The molecule has 0 atom stereocenters. The highest BCUT2D eigenvalue weighted by molar-refractivity contribution is 7.89. The van der Waals surface area contributed by atoms with Crippen LogP contribution in [0, 0.1) is 12.7 Å². The van der Waals surface area contributed by atoms with E-state index in [9.17, 15) is 17.6 Å². The van der Waals surface area contributed by atoms with Crippen molar-refractivity contribution in [3.63, 3.8) is 0 Å². The molecule has 0 saturated heterocycles. The first-order valence-electron chi connectivity index (χ1n) is 6.47. The van der Waals surface area contributed by atoms with Crippen LogP contribution >= 0.6 is 0 Å². The van der Waals surface area contributed by atoms with Crippen molar-refractivity contribution in [3.8, 4) is 0 Å². The molecule has 0 aliphatic carbocycles. The van der Waals surface area contributed by atoms with Gasteiger partial charge in [0.15, 0.2) is 5.76 Å². The van der Waals surface area contributed by atoms with E-state index in [0.29, 0.717) is 5.56 Å². The van der Waals surface area contributed by atoms with Crippen molar-refractivity contribution >= 4 is 15.9 Å². The van der Waals surface area contributed by atoms with Crippen molar-refractivity contribution in [1.29, 1.82) is 0 Å². The van der Waals surface area contributed by atoms with Crippen LogP contribution in [0.15, 0.2) is 45.9 Å². The Labute approximate surface area is 127 Å². The largest absolute Gasteiger partial charge is 0.459 e. The lowest BCUT2D eigenvalue weighted by Gasteiger charge is -2.09. The molecule has 0 spiro atoms. The molecule has 0 unspecified atom stereocenters. The Kier molecular flexibility index (Phi) is 4.94. The van der Waals surface area contributed by atoms with Crippen LogP contribution in [0.2, 0.25) is 0 Å². The van der Waals surface area contributed by atoms with E-state index in [1.807, 2.05) is 0 Å². The van der Waals surface area contributed by atoms with E-state index in [-0.39, 0.29) is 23.7 Å². The number of aryl methyl sites for hydroxylation is 1. The summed E-state index contributed by atoms with van der Waals surface area (Å²) in [6.45, 7) is 1.61. The molecule has 22 heavy (non-hydrogen) atoms. The molecule has 0 saturated carbocycles. The fourth-order valence-electron chi connectivity index (χ4n) is 1.85. The average molecular weight is 326 g/mol. The molecule has 0 aliphatic rings. The number of halogens is 1.